The lowest BCUT2D eigenvalue weighted by Gasteiger charge is -2.29. The predicted octanol–water partition coefficient (Wildman–Crippen LogP) is 8.95. The van der Waals surface area contributed by atoms with Crippen LogP contribution in [0.3, 0.4) is 0 Å². The zero-order chi connectivity index (χ0) is 29.7. The number of carbonyl (C=O) groups excluding carboxylic acids is 2. The number of aliphatic hydroxyl groups excluding tert-OH is 2. The fourth-order valence-electron chi connectivity index (χ4n) is 5.35. The molecule has 0 aliphatic carbocycles. The topological polar surface area (TPSA) is 94.8 Å². The van der Waals surface area contributed by atoms with Crippen molar-refractivity contribution < 1.29 is 24.9 Å². The Morgan fingerprint density at radius 1 is 0.550 bits per heavy atom. The molecule has 0 saturated carbocycles. The lowest BCUT2D eigenvalue weighted by atomic mass is 9.82. The Labute approximate surface area is 247 Å². The van der Waals surface area contributed by atoms with Crippen LogP contribution in [0.4, 0.5) is 0 Å². The Kier molecular flexibility index (Phi) is 27.4. The summed E-state index contributed by atoms with van der Waals surface area (Å²) in [5, 5.41) is 30.5. The van der Waals surface area contributed by atoms with Crippen molar-refractivity contribution in [3.63, 3.8) is 0 Å². The lowest BCUT2D eigenvalue weighted by Crippen LogP contribution is -2.57. The van der Waals surface area contributed by atoms with Gasteiger partial charge in [-0.3, -0.25) is 9.59 Å². The largest absolute Gasteiger partial charge is 0.394 e. The minimum atomic E-state index is -2.48. The Morgan fingerprint density at radius 3 is 1.20 bits per heavy atom. The fourth-order valence-corrected chi connectivity index (χ4v) is 5.35. The molecule has 0 rings (SSSR count). The highest BCUT2D eigenvalue weighted by Crippen LogP contribution is 2.22. The van der Waals surface area contributed by atoms with E-state index in [1.54, 1.807) is 0 Å². The van der Waals surface area contributed by atoms with E-state index >= 15 is 0 Å². The van der Waals surface area contributed by atoms with E-state index in [-0.39, 0.29) is 12.8 Å². The molecule has 5 heteroatoms. The molecule has 236 valence electrons. The third-order valence-corrected chi connectivity index (χ3v) is 8.18. The third-order valence-electron chi connectivity index (χ3n) is 8.18. The number of carbonyl (C=O) groups is 2. The number of Topliss-reactive ketones (excluding diaryl/α,β-unsaturated/α-hetero) is 2. The molecule has 0 bridgehead atoms. The van der Waals surface area contributed by atoms with Crippen LogP contribution in [0.15, 0.2) is 12.2 Å². The zero-order valence-corrected chi connectivity index (χ0v) is 26.5. The molecule has 0 saturated heterocycles. The van der Waals surface area contributed by atoms with Crippen LogP contribution in [0.1, 0.15) is 181 Å². The first-order chi connectivity index (χ1) is 19.4. The van der Waals surface area contributed by atoms with Crippen LogP contribution in [0.25, 0.3) is 0 Å². The fraction of sp³-hybridized carbons (Fsp3) is 0.886. The molecule has 0 heterocycles. The van der Waals surface area contributed by atoms with Crippen LogP contribution in [-0.4, -0.2) is 45.2 Å². The molecule has 0 aromatic heterocycles. The van der Waals surface area contributed by atoms with E-state index in [2.05, 4.69) is 26.0 Å². The average molecular weight is 567 g/mol. The standard InChI is InChI=1S/C35H66O5/c1-3-5-7-9-11-13-15-17-19-21-23-25-27-29-32(37)35(40,34(39)31-36)33(38)30-28-26-24-22-20-18-16-14-12-10-8-6-4-2/h13,15,34,36,39-40H,3-12,14,16-31H2,1-2H3/b15-13-. The molecule has 0 aromatic carbocycles. The summed E-state index contributed by atoms with van der Waals surface area (Å²) < 4.78 is 0. The van der Waals surface area contributed by atoms with E-state index in [1.807, 2.05) is 0 Å². The van der Waals surface area contributed by atoms with Gasteiger partial charge in [0.1, 0.15) is 6.10 Å². The Morgan fingerprint density at radius 2 is 0.850 bits per heavy atom. The van der Waals surface area contributed by atoms with Gasteiger partial charge >= 0.3 is 0 Å². The van der Waals surface area contributed by atoms with Crippen molar-refractivity contribution in [1.82, 2.24) is 0 Å². The van der Waals surface area contributed by atoms with Gasteiger partial charge < -0.3 is 15.3 Å². The van der Waals surface area contributed by atoms with E-state index in [4.69, 9.17) is 0 Å². The smallest absolute Gasteiger partial charge is 0.209 e. The second kappa shape index (κ2) is 28.1. The molecule has 2 unspecified atom stereocenters. The van der Waals surface area contributed by atoms with Gasteiger partial charge in [-0.1, -0.05) is 142 Å². The normalized spacial score (nSPS) is 14.0. The number of allylic oxidation sites excluding steroid dienone is 2. The maximum absolute atomic E-state index is 12.8. The van der Waals surface area contributed by atoms with Gasteiger partial charge in [0.2, 0.25) is 5.60 Å². The summed E-state index contributed by atoms with van der Waals surface area (Å²) >= 11 is 0. The van der Waals surface area contributed by atoms with Crippen molar-refractivity contribution in [2.24, 2.45) is 0 Å². The molecule has 0 radical (unpaired) electrons. The number of hydrogen-bond donors (Lipinski definition) is 3. The Bertz CT molecular complexity index is 617. The first kappa shape index (κ1) is 39.0. The number of rotatable bonds is 31. The molecule has 0 aliphatic rings. The van der Waals surface area contributed by atoms with Crippen molar-refractivity contribution in [3.05, 3.63) is 12.2 Å². The Hall–Kier alpha value is -1.04. The van der Waals surface area contributed by atoms with Crippen molar-refractivity contribution in [1.29, 1.82) is 0 Å². The SMILES string of the molecule is CCCCCC/C=C\CCCCCCCC(=O)C(O)(C(=O)CCCCCCCCCCCCCCC)C(O)CO. The van der Waals surface area contributed by atoms with Crippen LogP contribution in [0.2, 0.25) is 0 Å². The van der Waals surface area contributed by atoms with Gasteiger partial charge in [-0.2, -0.15) is 0 Å². The Balaban J connectivity index is 4.05. The molecule has 5 nitrogen and oxygen atoms in total. The molecular formula is C35H66O5. The lowest BCUT2D eigenvalue weighted by molar-refractivity contribution is -0.166. The maximum atomic E-state index is 12.8. The number of aliphatic hydroxyl groups is 3. The highest BCUT2D eigenvalue weighted by molar-refractivity contribution is 6.10. The molecule has 40 heavy (non-hydrogen) atoms. The van der Waals surface area contributed by atoms with Crippen LogP contribution < -0.4 is 0 Å². The number of ketones is 2. The highest BCUT2D eigenvalue weighted by atomic mass is 16.4. The van der Waals surface area contributed by atoms with Gasteiger partial charge in [0, 0.05) is 12.8 Å². The monoisotopic (exact) mass is 566 g/mol. The van der Waals surface area contributed by atoms with Crippen molar-refractivity contribution in [2.45, 2.75) is 192 Å². The minimum absolute atomic E-state index is 0.0512. The summed E-state index contributed by atoms with van der Waals surface area (Å²) in [6.07, 6.45) is 30.5. The van der Waals surface area contributed by atoms with E-state index in [1.165, 1.54) is 89.9 Å². The summed E-state index contributed by atoms with van der Waals surface area (Å²) in [4.78, 5) is 25.6. The second-order valence-electron chi connectivity index (χ2n) is 11.9. The molecule has 0 aromatic rings. The molecule has 3 N–H and O–H groups in total. The van der Waals surface area contributed by atoms with Gasteiger partial charge in [-0.15, -0.1) is 0 Å². The van der Waals surface area contributed by atoms with Gasteiger partial charge in [-0.25, -0.2) is 0 Å². The van der Waals surface area contributed by atoms with Gasteiger partial charge in [0.25, 0.3) is 0 Å². The van der Waals surface area contributed by atoms with Gasteiger partial charge in [0.05, 0.1) is 6.61 Å². The van der Waals surface area contributed by atoms with Gasteiger partial charge in [-0.05, 0) is 38.5 Å². The third kappa shape index (κ3) is 19.9. The first-order valence-electron chi connectivity index (χ1n) is 17.2. The molecule has 0 spiro atoms. The van der Waals surface area contributed by atoms with E-state index < -0.39 is 29.9 Å². The number of hydrogen-bond acceptors (Lipinski definition) is 5. The number of unbranched alkanes of at least 4 members (excludes halogenated alkanes) is 21. The van der Waals surface area contributed by atoms with Crippen LogP contribution in [0, 0.1) is 0 Å². The summed E-state index contributed by atoms with van der Waals surface area (Å²) in [5.74, 6) is -1.30. The van der Waals surface area contributed by atoms with Crippen LogP contribution in [-0.2, 0) is 9.59 Å². The van der Waals surface area contributed by atoms with E-state index in [9.17, 15) is 24.9 Å². The van der Waals surface area contributed by atoms with E-state index in [0.717, 1.165) is 51.4 Å². The molecular weight excluding hydrogens is 500 g/mol. The average Bonchev–Trinajstić information content (AvgIpc) is 2.96. The highest BCUT2D eigenvalue weighted by Gasteiger charge is 2.48. The molecule has 0 aliphatic heterocycles. The zero-order valence-electron chi connectivity index (χ0n) is 26.5. The first-order valence-corrected chi connectivity index (χ1v) is 17.2. The van der Waals surface area contributed by atoms with Crippen molar-refractivity contribution in [2.75, 3.05) is 6.61 Å². The van der Waals surface area contributed by atoms with Crippen molar-refractivity contribution in [3.8, 4) is 0 Å². The molecule has 2 atom stereocenters. The summed E-state index contributed by atoms with van der Waals surface area (Å²) in [7, 11) is 0. The van der Waals surface area contributed by atoms with E-state index in [0.29, 0.717) is 12.8 Å². The summed E-state index contributed by atoms with van der Waals surface area (Å²) in [5.41, 5.74) is -2.48. The quantitative estimate of drug-likeness (QED) is 0.0442. The van der Waals surface area contributed by atoms with Crippen LogP contribution >= 0.6 is 0 Å². The van der Waals surface area contributed by atoms with Crippen LogP contribution in [0.5, 0.6) is 0 Å². The summed E-state index contributed by atoms with van der Waals surface area (Å²) in [6, 6.07) is 0. The van der Waals surface area contributed by atoms with Crippen molar-refractivity contribution >= 4 is 11.6 Å². The second-order valence-corrected chi connectivity index (χ2v) is 11.9. The van der Waals surface area contributed by atoms with Gasteiger partial charge in [0.15, 0.2) is 11.6 Å². The minimum Gasteiger partial charge on any atom is -0.394 e. The summed E-state index contributed by atoms with van der Waals surface area (Å²) in [6.45, 7) is 3.67. The molecule has 0 fully saturated rings. The predicted molar refractivity (Wildman–Crippen MR) is 169 cm³/mol. The molecule has 0 amide bonds. The maximum Gasteiger partial charge on any atom is 0.209 e.